The third-order valence-corrected chi connectivity index (χ3v) is 3.12. The zero-order chi connectivity index (χ0) is 10.6. The molecule has 3 heteroatoms. The second-order valence-electron chi connectivity index (χ2n) is 4.35. The van der Waals surface area contributed by atoms with Gasteiger partial charge >= 0.3 is 0 Å². The Morgan fingerprint density at radius 3 is 2.43 bits per heavy atom. The minimum Gasteiger partial charge on any atom is -0.355 e. The lowest BCUT2D eigenvalue weighted by Crippen LogP contribution is -2.47. The summed E-state index contributed by atoms with van der Waals surface area (Å²) in [5, 5.41) is 2.85. The second-order valence-corrected chi connectivity index (χ2v) is 4.35. The summed E-state index contributed by atoms with van der Waals surface area (Å²) in [6, 6.07) is 1.35. The summed E-state index contributed by atoms with van der Waals surface area (Å²) in [6.45, 7) is 7.90. The standard InChI is InChI=1S/C11H22N2O/c1-9-5-4-6-10(2)13(9)8-7-12-11(3)14/h9-10H,4-8H2,1-3H3,(H,12,14)/t9-,10+. The molecule has 0 spiro atoms. The molecule has 14 heavy (non-hydrogen) atoms. The summed E-state index contributed by atoms with van der Waals surface area (Å²) < 4.78 is 0. The first kappa shape index (κ1) is 11.5. The summed E-state index contributed by atoms with van der Waals surface area (Å²) in [4.78, 5) is 13.2. The summed E-state index contributed by atoms with van der Waals surface area (Å²) in [6.07, 6.45) is 3.94. The van der Waals surface area contributed by atoms with Crippen LogP contribution in [0.1, 0.15) is 40.0 Å². The Bertz CT molecular complexity index is 184. The summed E-state index contributed by atoms with van der Waals surface area (Å²) in [5.74, 6) is 0.0716. The molecule has 0 bridgehead atoms. The SMILES string of the molecule is CC(=O)NCCN1[C@H](C)CCC[C@@H]1C. The molecule has 1 fully saturated rings. The molecule has 3 nitrogen and oxygen atoms in total. The molecule has 1 N–H and O–H groups in total. The predicted molar refractivity (Wildman–Crippen MR) is 58.2 cm³/mol. The van der Waals surface area contributed by atoms with Gasteiger partial charge in [0.15, 0.2) is 0 Å². The predicted octanol–water partition coefficient (Wildman–Crippen LogP) is 1.39. The molecule has 1 rings (SSSR count). The van der Waals surface area contributed by atoms with Crippen LogP contribution in [0.15, 0.2) is 0 Å². The number of nitrogens with one attached hydrogen (secondary N) is 1. The molecule has 1 aliphatic rings. The van der Waals surface area contributed by atoms with Gasteiger partial charge in [0.2, 0.25) is 5.91 Å². The topological polar surface area (TPSA) is 32.3 Å². The third kappa shape index (κ3) is 3.29. The van der Waals surface area contributed by atoms with Gasteiger partial charge in [-0.1, -0.05) is 6.42 Å². The van der Waals surface area contributed by atoms with Gasteiger partial charge in [0, 0.05) is 32.1 Å². The van der Waals surface area contributed by atoms with Crippen molar-refractivity contribution in [2.75, 3.05) is 13.1 Å². The zero-order valence-corrected chi connectivity index (χ0v) is 9.55. The first-order valence-corrected chi connectivity index (χ1v) is 5.61. The van der Waals surface area contributed by atoms with Crippen molar-refractivity contribution >= 4 is 5.91 Å². The maximum absolute atomic E-state index is 10.7. The Morgan fingerprint density at radius 1 is 1.36 bits per heavy atom. The quantitative estimate of drug-likeness (QED) is 0.743. The number of piperidine rings is 1. The summed E-state index contributed by atoms with van der Waals surface area (Å²) >= 11 is 0. The monoisotopic (exact) mass is 198 g/mol. The van der Waals surface area contributed by atoms with Crippen LogP contribution in [0.4, 0.5) is 0 Å². The van der Waals surface area contributed by atoms with E-state index >= 15 is 0 Å². The molecule has 0 aliphatic carbocycles. The molecule has 1 amide bonds. The first-order valence-electron chi connectivity index (χ1n) is 5.61. The smallest absolute Gasteiger partial charge is 0.216 e. The zero-order valence-electron chi connectivity index (χ0n) is 9.55. The molecular weight excluding hydrogens is 176 g/mol. The molecule has 0 saturated carbocycles. The van der Waals surface area contributed by atoms with Gasteiger partial charge in [0.1, 0.15) is 0 Å². The average molecular weight is 198 g/mol. The molecule has 0 radical (unpaired) electrons. The Morgan fingerprint density at radius 2 is 1.93 bits per heavy atom. The maximum atomic E-state index is 10.7. The second kappa shape index (κ2) is 5.35. The molecule has 0 aromatic carbocycles. The Kier molecular flexibility index (Phi) is 4.39. The number of likely N-dealkylation sites (tertiary alicyclic amines) is 1. The van der Waals surface area contributed by atoms with Gasteiger partial charge in [-0.2, -0.15) is 0 Å². The van der Waals surface area contributed by atoms with Gasteiger partial charge in [-0.25, -0.2) is 0 Å². The Labute approximate surface area is 86.9 Å². The van der Waals surface area contributed by atoms with E-state index in [-0.39, 0.29) is 5.91 Å². The van der Waals surface area contributed by atoms with Crippen molar-refractivity contribution in [3.05, 3.63) is 0 Å². The number of carbonyl (C=O) groups excluding carboxylic acids is 1. The van der Waals surface area contributed by atoms with Gasteiger partial charge in [0.25, 0.3) is 0 Å². The van der Waals surface area contributed by atoms with E-state index in [1.54, 1.807) is 6.92 Å². The molecule has 0 unspecified atom stereocenters. The van der Waals surface area contributed by atoms with Crippen LogP contribution in [0.2, 0.25) is 0 Å². The molecule has 1 saturated heterocycles. The highest BCUT2D eigenvalue weighted by Gasteiger charge is 2.23. The fourth-order valence-corrected chi connectivity index (χ4v) is 2.28. The number of carbonyl (C=O) groups is 1. The fourth-order valence-electron chi connectivity index (χ4n) is 2.28. The Hall–Kier alpha value is -0.570. The van der Waals surface area contributed by atoms with Crippen molar-refractivity contribution in [3.8, 4) is 0 Å². The third-order valence-electron chi connectivity index (χ3n) is 3.12. The number of hydrogen-bond donors (Lipinski definition) is 1. The molecule has 82 valence electrons. The van der Waals surface area contributed by atoms with E-state index in [0.717, 1.165) is 13.1 Å². The highest BCUT2D eigenvalue weighted by Crippen LogP contribution is 2.21. The minimum atomic E-state index is 0.0716. The van der Waals surface area contributed by atoms with E-state index in [1.807, 2.05) is 0 Å². The highest BCUT2D eigenvalue weighted by molar-refractivity contribution is 5.72. The van der Waals surface area contributed by atoms with Gasteiger partial charge in [0.05, 0.1) is 0 Å². The number of hydrogen-bond acceptors (Lipinski definition) is 2. The fraction of sp³-hybridized carbons (Fsp3) is 0.909. The van der Waals surface area contributed by atoms with Crippen LogP contribution in [0.25, 0.3) is 0 Å². The summed E-state index contributed by atoms with van der Waals surface area (Å²) in [5.41, 5.74) is 0. The average Bonchev–Trinajstić information content (AvgIpc) is 2.09. The van der Waals surface area contributed by atoms with Crippen LogP contribution in [-0.2, 0) is 4.79 Å². The van der Waals surface area contributed by atoms with Crippen LogP contribution in [0.5, 0.6) is 0 Å². The van der Waals surface area contributed by atoms with E-state index in [0.29, 0.717) is 12.1 Å². The Balaban J connectivity index is 2.29. The van der Waals surface area contributed by atoms with E-state index in [2.05, 4.69) is 24.1 Å². The van der Waals surface area contributed by atoms with Crippen molar-refractivity contribution in [1.29, 1.82) is 0 Å². The number of amides is 1. The van der Waals surface area contributed by atoms with Crippen LogP contribution in [0, 0.1) is 0 Å². The molecule has 0 aromatic heterocycles. The molecule has 0 aromatic rings. The van der Waals surface area contributed by atoms with Gasteiger partial charge in [-0.3, -0.25) is 9.69 Å². The van der Waals surface area contributed by atoms with Crippen LogP contribution < -0.4 is 5.32 Å². The normalized spacial score (nSPS) is 28.8. The largest absolute Gasteiger partial charge is 0.355 e. The highest BCUT2D eigenvalue weighted by atomic mass is 16.1. The van der Waals surface area contributed by atoms with E-state index in [1.165, 1.54) is 19.3 Å². The lowest BCUT2D eigenvalue weighted by molar-refractivity contribution is -0.119. The van der Waals surface area contributed by atoms with Crippen molar-refractivity contribution in [2.45, 2.75) is 52.1 Å². The van der Waals surface area contributed by atoms with E-state index in [4.69, 9.17) is 0 Å². The van der Waals surface area contributed by atoms with Gasteiger partial charge in [-0.15, -0.1) is 0 Å². The van der Waals surface area contributed by atoms with Gasteiger partial charge in [-0.05, 0) is 26.7 Å². The van der Waals surface area contributed by atoms with E-state index in [9.17, 15) is 4.79 Å². The van der Waals surface area contributed by atoms with Crippen LogP contribution >= 0.6 is 0 Å². The lowest BCUT2D eigenvalue weighted by atomic mass is 9.98. The van der Waals surface area contributed by atoms with E-state index < -0.39 is 0 Å². The molecule has 1 heterocycles. The molecule has 2 atom stereocenters. The maximum Gasteiger partial charge on any atom is 0.216 e. The van der Waals surface area contributed by atoms with Crippen LogP contribution in [-0.4, -0.2) is 36.0 Å². The molecule has 1 aliphatic heterocycles. The van der Waals surface area contributed by atoms with Crippen molar-refractivity contribution in [3.63, 3.8) is 0 Å². The van der Waals surface area contributed by atoms with Gasteiger partial charge < -0.3 is 5.32 Å². The number of nitrogens with zero attached hydrogens (tertiary/aromatic N) is 1. The van der Waals surface area contributed by atoms with Crippen molar-refractivity contribution in [2.24, 2.45) is 0 Å². The first-order chi connectivity index (χ1) is 6.61. The minimum absolute atomic E-state index is 0.0716. The lowest BCUT2D eigenvalue weighted by Gasteiger charge is -2.38. The number of rotatable bonds is 3. The molecular formula is C11H22N2O. The van der Waals surface area contributed by atoms with Crippen LogP contribution in [0.3, 0.4) is 0 Å². The van der Waals surface area contributed by atoms with Crippen molar-refractivity contribution < 1.29 is 4.79 Å². The summed E-state index contributed by atoms with van der Waals surface area (Å²) in [7, 11) is 0. The van der Waals surface area contributed by atoms with Crippen molar-refractivity contribution in [1.82, 2.24) is 10.2 Å².